The first-order chi connectivity index (χ1) is 13.9. The van der Waals surface area contributed by atoms with Gasteiger partial charge in [-0.15, -0.1) is 0 Å². The molecule has 0 saturated heterocycles. The Morgan fingerprint density at radius 3 is 2.72 bits per heavy atom. The predicted molar refractivity (Wildman–Crippen MR) is 108 cm³/mol. The fourth-order valence-electron chi connectivity index (χ4n) is 3.04. The van der Waals surface area contributed by atoms with E-state index in [1.54, 1.807) is 37.4 Å². The average Bonchev–Trinajstić information content (AvgIpc) is 3.13. The number of carbonyl (C=O) groups is 1. The first-order valence-corrected chi connectivity index (χ1v) is 8.82. The number of nitrogens with zero attached hydrogens (tertiary/aromatic N) is 3. The van der Waals surface area contributed by atoms with E-state index in [-0.39, 0.29) is 11.3 Å². The zero-order valence-electron chi connectivity index (χ0n) is 15.7. The predicted octanol–water partition coefficient (Wildman–Crippen LogP) is 4.67. The normalized spacial score (nSPS) is 10.8. The highest BCUT2D eigenvalue weighted by molar-refractivity contribution is 6.06. The minimum Gasteiger partial charge on any atom is -0.418 e. The van der Waals surface area contributed by atoms with Crippen molar-refractivity contribution in [2.24, 2.45) is 0 Å². The van der Waals surface area contributed by atoms with E-state index in [0.29, 0.717) is 33.9 Å². The Kier molecular flexibility index (Phi) is 4.52. The van der Waals surface area contributed by atoms with Gasteiger partial charge < -0.3 is 9.73 Å². The third-order valence-corrected chi connectivity index (χ3v) is 4.65. The molecule has 4 rings (SSSR count). The Morgan fingerprint density at radius 1 is 1.14 bits per heavy atom. The number of hydrogen-bond donors (Lipinski definition) is 1. The maximum Gasteiger partial charge on any atom is 0.273 e. The third-order valence-electron chi connectivity index (χ3n) is 4.65. The number of hydrogen-bond acceptors (Lipinski definition) is 6. The fourth-order valence-corrected chi connectivity index (χ4v) is 3.04. The van der Waals surface area contributed by atoms with Crippen molar-refractivity contribution in [1.29, 1.82) is 0 Å². The fraction of sp³-hybridized carbons (Fsp3) is 0.0952. The van der Waals surface area contributed by atoms with Gasteiger partial charge in [-0.2, -0.15) is 0 Å². The van der Waals surface area contributed by atoms with Crippen molar-refractivity contribution < 1.29 is 14.1 Å². The standard InChI is InChI=1S/C21H16N4O4/c1-12-8-9-14(20-24-16-6-4-10-22-21(16)29-20)11-17(12)23-19(26)15-5-3-7-18(13(15)2)25(27)28/h3-11H,1-2H3,(H,23,26). The van der Waals surface area contributed by atoms with Crippen LogP contribution in [0.1, 0.15) is 21.5 Å². The molecule has 8 heteroatoms. The van der Waals surface area contributed by atoms with Crippen molar-refractivity contribution in [2.75, 3.05) is 5.32 Å². The van der Waals surface area contributed by atoms with Gasteiger partial charge in [0.05, 0.1) is 4.92 Å². The maximum absolute atomic E-state index is 12.8. The number of fused-ring (bicyclic) bond motifs is 1. The molecule has 0 aliphatic rings. The van der Waals surface area contributed by atoms with Crippen LogP contribution in [0.4, 0.5) is 11.4 Å². The van der Waals surface area contributed by atoms with Crippen molar-refractivity contribution in [3.05, 3.63) is 81.5 Å². The van der Waals surface area contributed by atoms with Gasteiger partial charge in [0.15, 0.2) is 0 Å². The second-order valence-electron chi connectivity index (χ2n) is 6.54. The van der Waals surface area contributed by atoms with Crippen LogP contribution in [0.25, 0.3) is 22.7 Å². The lowest BCUT2D eigenvalue weighted by molar-refractivity contribution is -0.385. The first-order valence-electron chi connectivity index (χ1n) is 8.82. The van der Waals surface area contributed by atoms with Gasteiger partial charge in [-0.05, 0) is 49.7 Å². The summed E-state index contributed by atoms with van der Waals surface area (Å²) in [5.74, 6) is -0.0357. The molecule has 8 nitrogen and oxygen atoms in total. The van der Waals surface area contributed by atoms with Crippen molar-refractivity contribution in [3.63, 3.8) is 0 Å². The highest BCUT2D eigenvalue weighted by Gasteiger charge is 2.19. The quantitative estimate of drug-likeness (QED) is 0.402. The van der Waals surface area contributed by atoms with E-state index in [0.717, 1.165) is 5.56 Å². The number of amides is 1. The lowest BCUT2D eigenvalue weighted by Gasteiger charge is -2.11. The molecule has 0 atom stereocenters. The van der Waals surface area contributed by atoms with Crippen LogP contribution in [0.5, 0.6) is 0 Å². The lowest BCUT2D eigenvalue weighted by atomic mass is 10.1. The van der Waals surface area contributed by atoms with Crippen LogP contribution in [0.3, 0.4) is 0 Å². The third kappa shape index (κ3) is 3.43. The van der Waals surface area contributed by atoms with E-state index < -0.39 is 10.8 Å². The van der Waals surface area contributed by atoms with Crippen LogP contribution in [0.15, 0.2) is 59.1 Å². The molecule has 0 saturated carbocycles. The van der Waals surface area contributed by atoms with Crippen LogP contribution < -0.4 is 5.32 Å². The van der Waals surface area contributed by atoms with E-state index in [2.05, 4.69) is 15.3 Å². The van der Waals surface area contributed by atoms with Crippen molar-refractivity contribution >= 4 is 28.5 Å². The Morgan fingerprint density at radius 2 is 1.97 bits per heavy atom. The van der Waals surface area contributed by atoms with E-state index in [4.69, 9.17) is 4.42 Å². The molecular formula is C21H16N4O4. The SMILES string of the molecule is Cc1ccc(-c2nc3cccnc3o2)cc1NC(=O)c1cccc([N+](=O)[O-])c1C. The summed E-state index contributed by atoms with van der Waals surface area (Å²) in [6.07, 6.45) is 1.62. The van der Waals surface area contributed by atoms with E-state index in [1.807, 2.05) is 19.1 Å². The molecule has 1 amide bonds. The van der Waals surface area contributed by atoms with Crippen LogP contribution in [0.2, 0.25) is 0 Å². The van der Waals surface area contributed by atoms with Gasteiger partial charge >= 0.3 is 0 Å². The highest BCUT2D eigenvalue weighted by Crippen LogP contribution is 2.28. The molecule has 2 aromatic carbocycles. The van der Waals surface area contributed by atoms with Gasteiger partial charge in [-0.1, -0.05) is 12.1 Å². The number of aryl methyl sites for hydroxylation is 1. The average molecular weight is 388 g/mol. The maximum atomic E-state index is 12.8. The van der Waals surface area contributed by atoms with E-state index >= 15 is 0 Å². The molecule has 1 N–H and O–H groups in total. The topological polar surface area (TPSA) is 111 Å². The smallest absolute Gasteiger partial charge is 0.273 e. The van der Waals surface area contributed by atoms with Crippen molar-refractivity contribution in [3.8, 4) is 11.5 Å². The van der Waals surface area contributed by atoms with Crippen LogP contribution in [-0.2, 0) is 0 Å². The van der Waals surface area contributed by atoms with Crippen LogP contribution in [0, 0.1) is 24.0 Å². The summed E-state index contributed by atoms with van der Waals surface area (Å²) >= 11 is 0. The summed E-state index contributed by atoms with van der Waals surface area (Å²) < 4.78 is 5.69. The van der Waals surface area contributed by atoms with Gasteiger partial charge in [-0.25, -0.2) is 9.97 Å². The van der Waals surface area contributed by atoms with E-state index in [1.165, 1.54) is 12.1 Å². The number of oxazole rings is 1. The monoisotopic (exact) mass is 388 g/mol. The number of benzene rings is 2. The number of carbonyl (C=O) groups excluding carboxylic acids is 1. The molecule has 2 aromatic heterocycles. The summed E-state index contributed by atoms with van der Waals surface area (Å²) in [5.41, 5.74) is 3.61. The summed E-state index contributed by atoms with van der Waals surface area (Å²) in [5, 5.41) is 14.0. The number of nitro groups is 1. The number of anilines is 1. The molecule has 0 bridgehead atoms. The molecule has 0 unspecified atom stereocenters. The molecular weight excluding hydrogens is 372 g/mol. The van der Waals surface area contributed by atoms with Crippen LogP contribution >= 0.6 is 0 Å². The summed E-state index contributed by atoms with van der Waals surface area (Å²) in [6, 6.07) is 13.4. The molecule has 4 aromatic rings. The Bertz CT molecular complexity index is 1230. The largest absolute Gasteiger partial charge is 0.418 e. The number of pyridine rings is 1. The summed E-state index contributed by atoms with van der Waals surface area (Å²) in [4.78, 5) is 32.0. The molecule has 0 fully saturated rings. The summed E-state index contributed by atoms with van der Waals surface area (Å²) in [6.45, 7) is 3.41. The molecule has 144 valence electrons. The van der Waals surface area contributed by atoms with Gasteiger partial charge in [-0.3, -0.25) is 14.9 Å². The zero-order valence-corrected chi connectivity index (χ0v) is 15.7. The van der Waals surface area contributed by atoms with Gasteiger partial charge in [0.1, 0.15) is 5.52 Å². The summed E-state index contributed by atoms with van der Waals surface area (Å²) in [7, 11) is 0. The lowest BCUT2D eigenvalue weighted by Crippen LogP contribution is -2.15. The highest BCUT2D eigenvalue weighted by atomic mass is 16.6. The Hall–Kier alpha value is -4.07. The first kappa shape index (κ1) is 18.3. The van der Waals surface area contributed by atoms with Crippen molar-refractivity contribution in [1.82, 2.24) is 9.97 Å². The van der Waals surface area contributed by atoms with Gasteiger partial charge in [0.2, 0.25) is 11.6 Å². The minimum atomic E-state index is -0.501. The van der Waals surface area contributed by atoms with E-state index in [9.17, 15) is 14.9 Å². The van der Waals surface area contributed by atoms with Gasteiger partial charge in [0.25, 0.3) is 11.6 Å². The Labute approximate surface area is 165 Å². The Balaban J connectivity index is 1.67. The molecule has 2 heterocycles. The molecule has 0 aliphatic heterocycles. The zero-order chi connectivity index (χ0) is 20.5. The number of rotatable bonds is 4. The number of nitro benzene ring substituents is 1. The minimum absolute atomic E-state index is 0.0953. The number of aromatic nitrogens is 2. The molecule has 0 aliphatic carbocycles. The molecule has 0 spiro atoms. The molecule has 29 heavy (non-hydrogen) atoms. The van der Waals surface area contributed by atoms with Gasteiger partial charge in [0, 0.05) is 34.6 Å². The second kappa shape index (κ2) is 7.16. The van der Waals surface area contributed by atoms with Crippen molar-refractivity contribution in [2.45, 2.75) is 13.8 Å². The molecule has 0 radical (unpaired) electrons. The van der Waals surface area contributed by atoms with Crippen LogP contribution in [-0.4, -0.2) is 20.8 Å². The number of nitrogens with one attached hydrogen (secondary N) is 1. The second-order valence-corrected chi connectivity index (χ2v) is 6.54.